The van der Waals surface area contributed by atoms with Crippen LogP contribution in [0.5, 0.6) is 5.75 Å². The Balaban J connectivity index is 1.81. The highest BCUT2D eigenvalue weighted by Gasteiger charge is 2.22. The van der Waals surface area contributed by atoms with Crippen molar-refractivity contribution in [2.75, 3.05) is 18.5 Å². The first-order chi connectivity index (χ1) is 12.7. The Morgan fingerprint density at radius 1 is 1.23 bits per heavy atom. The van der Waals surface area contributed by atoms with Gasteiger partial charge in [0.25, 0.3) is 0 Å². The number of benzene rings is 1. The van der Waals surface area contributed by atoms with E-state index >= 15 is 0 Å². The predicted molar refractivity (Wildman–Crippen MR) is 105 cm³/mol. The molecule has 5 nitrogen and oxygen atoms in total. The molecule has 3 aromatic rings. The molecule has 0 bridgehead atoms. The second kappa shape index (κ2) is 6.83. The summed E-state index contributed by atoms with van der Waals surface area (Å²) in [6.07, 6.45) is 6.17. The lowest BCUT2D eigenvalue weighted by atomic mass is 10.0. The molecule has 0 aliphatic heterocycles. The lowest BCUT2D eigenvalue weighted by molar-refractivity contribution is 0.340. The van der Waals surface area contributed by atoms with E-state index in [2.05, 4.69) is 10.3 Å². The second-order valence-electron chi connectivity index (χ2n) is 6.82. The number of nitrogens with one attached hydrogen (secondary N) is 1. The molecule has 1 aromatic carbocycles. The van der Waals surface area contributed by atoms with Crippen molar-refractivity contribution in [2.24, 2.45) is 13.0 Å². The van der Waals surface area contributed by atoms with Gasteiger partial charge < -0.3 is 14.6 Å². The molecule has 1 N–H and O–H groups in total. The minimum Gasteiger partial charge on any atom is -0.494 e. The Labute approximate surface area is 152 Å². The smallest absolute Gasteiger partial charge is 0.200 e. The zero-order valence-corrected chi connectivity index (χ0v) is 15.2. The molecule has 26 heavy (non-hydrogen) atoms. The van der Waals surface area contributed by atoms with Crippen LogP contribution >= 0.6 is 0 Å². The van der Waals surface area contributed by atoms with Crippen molar-refractivity contribution in [1.82, 2.24) is 9.55 Å². The van der Waals surface area contributed by atoms with E-state index in [1.54, 1.807) is 6.20 Å². The number of ether oxygens (including phenoxy) is 1. The molecule has 1 fully saturated rings. The molecule has 1 saturated carbocycles. The maximum absolute atomic E-state index is 13.2. The Morgan fingerprint density at radius 2 is 2.00 bits per heavy atom. The van der Waals surface area contributed by atoms with E-state index in [1.807, 2.05) is 55.1 Å². The zero-order valence-electron chi connectivity index (χ0n) is 15.2. The Bertz CT molecular complexity index is 989. The third kappa shape index (κ3) is 3.17. The first kappa shape index (κ1) is 16.6. The molecule has 5 heteroatoms. The van der Waals surface area contributed by atoms with Gasteiger partial charge in [-0.3, -0.25) is 4.79 Å². The standard InChI is InChI=1S/C21H23N3O2/c1-3-26-16-8-6-15(7-9-16)17-13-24(2)18-10-11-22-21(19(18)20(17)25)23-12-14-4-5-14/h6-11,13-14H,3-5,12H2,1-2H3,(H,22,23). The average Bonchev–Trinajstić information content (AvgIpc) is 3.48. The van der Waals surface area contributed by atoms with Crippen molar-refractivity contribution in [2.45, 2.75) is 19.8 Å². The first-order valence-electron chi connectivity index (χ1n) is 9.13. The number of aryl methyl sites for hydroxylation is 1. The van der Waals surface area contributed by atoms with Crippen LogP contribution in [0.4, 0.5) is 5.82 Å². The Kier molecular flexibility index (Phi) is 4.37. The molecule has 1 aliphatic carbocycles. The van der Waals surface area contributed by atoms with Crippen LogP contribution in [0.15, 0.2) is 47.5 Å². The molecule has 0 saturated heterocycles. The number of fused-ring (bicyclic) bond motifs is 1. The Morgan fingerprint density at radius 3 is 2.69 bits per heavy atom. The van der Waals surface area contributed by atoms with Crippen molar-refractivity contribution in [1.29, 1.82) is 0 Å². The van der Waals surface area contributed by atoms with E-state index in [0.29, 0.717) is 29.3 Å². The molecular formula is C21H23N3O2. The second-order valence-corrected chi connectivity index (χ2v) is 6.82. The van der Waals surface area contributed by atoms with E-state index in [-0.39, 0.29) is 5.43 Å². The van der Waals surface area contributed by atoms with Gasteiger partial charge in [0.1, 0.15) is 11.6 Å². The van der Waals surface area contributed by atoms with Crippen LogP contribution in [-0.2, 0) is 7.05 Å². The van der Waals surface area contributed by atoms with Gasteiger partial charge in [-0.15, -0.1) is 0 Å². The molecule has 134 valence electrons. The summed E-state index contributed by atoms with van der Waals surface area (Å²) in [5, 5.41) is 4.03. The predicted octanol–water partition coefficient (Wildman–Crippen LogP) is 3.82. The summed E-state index contributed by atoms with van der Waals surface area (Å²) < 4.78 is 7.49. The molecular weight excluding hydrogens is 326 g/mol. The van der Waals surface area contributed by atoms with Gasteiger partial charge in [0.05, 0.1) is 17.5 Å². The minimum atomic E-state index is 0.00802. The zero-order chi connectivity index (χ0) is 18.1. The summed E-state index contributed by atoms with van der Waals surface area (Å²) in [6.45, 7) is 3.46. The topological polar surface area (TPSA) is 56.1 Å². The lowest BCUT2D eigenvalue weighted by Gasteiger charge is -2.13. The van der Waals surface area contributed by atoms with Crippen molar-refractivity contribution in [3.8, 4) is 16.9 Å². The van der Waals surface area contributed by atoms with E-state index in [4.69, 9.17) is 4.74 Å². The Hall–Kier alpha value is -2.82. The number of rotatable bonds is 6. The van der Waals surface area contributed by atoms with Crippen molar-refractivity contribution < 1.29 is 4.74 Å². The van der Waals surface area contributed by atoms with Gasteiger partial charge in [0, 0.05) is 31.5 Å². The van der Waals surface area contributed by atoms with Gasteiger partial charge >= 0.3 is 0 Å². The molecule has 4 rings (SSSR count). The van der Waals surface area contributed by atoms with E-state index in [0.717, 1.165) is 23.4 Å². The fourth-order valence-electron chi connectivity index (χ4n) is 3.23. The number of nitrogens with zero attached hydrogens (tertiary/aromatic N) is 2. The van der Waals surface area contributed by atoms with Crippen LogP contribution in [0.25, 0.3) is 22.0 Å². The van der Waals surface area contributed by atoms with Crippen LogP contribution in [0.1, 0.15) is 19.8 Å². The summed E-state index contributed by atoms with van der Waals surface area (Å²) in [5.74, 6) is 2.20. The molecule has 1 aliphatic rings. The summed E-state index contributed by atoms with van der Waals surface area (Å²) in [5.41, 5.74) is 2.45. The largest absolute Gasteiger partial charge is 0.494 e. The van der Waals surface area contributed by atoms with Crippen LogP contribution in [0, 0.1) is 5.92 Å². The average molecular weight is 349 g/mol. The molecule has 2 aromatic heterocycles. The quantitative estimate of drug-likeness (QED) is 0.735. The summed E-state index contributed by atoms with van der Waals surface area (Å²) in [7, 11) is 1.96. The van der Waals surface area contributed by atoms with Gasteiger partial charge in [0.15, 0.2) is 0 Å². The van der Waals surface area contributed by atoms with Gasteiger partial charge in [-0.25, -0.2) is 4.98 Å². The van der Waals surface area contributed by atoms with Crippen LogP contribution in [-0.4, -0.2) is 22.7 Å². The number of hydrogen-bond donors (Lipinski definition) is 1. The summed E-state index contributed by atoms with van der Waals surface area (Å²) in [4.78, 5) is 17.7. The molecule has 0 spiro atoms. The number of pyridine rings is 2. The van der Waals surface area contributed by atoms with Crippen LogP contribution in [0.3, 0.4) is 0 Å². The molecule has 0 atom stereocenters. The van der Waals surface area contributed by atoms with Crippen molar-refractivity contribution >= 4 is 16.7 Å². The van der Waals surface area contributed by atoms with Crippen molar-refractivity contribution in [3.05, 3.63) is 52.9 Å². The highest BCUT2D eigenvalue weighted by Crippen LogP contribution is 2.30. The summed E-state index contributed by atoms with van der Waals surface area (Å²) >= 11 is 0. The summed E-state index contributed by atoms with van der Waals surface area (Å²) in [6, 6.07) is 9.55. The maximum atomic E-state index is 13.2. The van der Waals surface area contributed by atoms with Gasteiger partial charge in [-0.1, -0.05) is 12.1 Å². The highest BCUT2D eigenvalue weighted by molar-refractivity contribution is 5.92. The number of hydrogen-bond acceptors (Lipinski definition) is 4. The van der Waals surface area contributed by atoms with Crippen LogP contribution in [0.2, 0.25) is 0 Å². The van der Waals surface area contributed by atoms with Crippen LogP contribution < -0.4 is 15.5 Å². The third-order valence-corrected chi connectivity index (χ3v) is 4.83. The van der Waals surface area contributed by atoms with Gasteiger partial charge in [-0.2, -0.15) is 0 Å². The molecule has 0 unspecified atom stereocenters. The highest BCUT2D eigenvalue weighted by atomic mass is 16.5. The number of aromatic nitrogens is 2. The SMILES string of the molecule is CCOc1ccc(-c2cn(C)c3ccnc(NCC4CC4)c3c2=O)cc1. The molecule has 0 radical (unpaired) electrons. The molecule has 2 heterocycles. The van der Waals surface area contributed by atoms with E-state index in [1.165, 1.54) is 12.8 Å². The first-order valence-corrected chi connectivity index (χ1v) is 9.13. The monoisotopic (exact) mass is 349 g/mol. The van der Waals surface area contributed by atoms with Gasteiger partial charge in [-0.05, 0) is 49.4 Å². The van der Waals surface area contributed by atoms with Crippen molar-refractivity contribution in [3.63, 3.8) is 0 Å². The molecule has 0 amide bonds. The maximum Gasteiger partial charge on any atom is 0.200 e. The van der Waals surface area contributed by atoms with E-state index < -0.39 is 0 Å². The van der Waals surface area contributed by atoms with Gasteiger partial charge in [0.2, 0.25) is 5.43 Å². The lowest BCUT2D eigenvalue weighted by Crippen LogP contribution is -2.15. The fourth-order valence-corrected chi connectivity index (χ4v) is 3.23. The normalized spacial score (nSPS) is 13.8. The minimum absolute atomic E-state index is 0.00802. The number of anilines is 1. The fraction of sp³-hybridized carbons (Fsp3) is 0.333. The van der Waals surface area contributed by atoms with E-state index in [9.17, 15) is 4.79 Å². The third-order valence-electron chi connectivity index (χ3n) is 4.83.